The van der Waals surface area contributed by atoms with Gasteiger partial charge in [0.1, 0.15) is 11.6 Å². The molecule has 4 heteroatoms. The average molecular weight is 281 g/mol. The van der Waals surface area contributed by atoms with Gasteiger partial charge in [-0.25, -0.2) is 9.37 Å². The lowest BCUT2D eigenvalue weighted by molar-refractivity contribution is 0.547. The van der Waals surface area contributed by atoms with Crippen molar-refractivity contribution in [2.24, 2.45) is 5.92 Å². The topological polar surface area (TPSA) is 28.2 Å². The van der Waals surface area contributed by atoms with Gasteiger partial charge in [-0.1, -0.05) is 27.7 Å². The number of nitrogens with zero attached hydrogens (tertiary/aromatic N) is 2. The number of hydrogen-bond acceptors (Lipinski definition) is 3. The highest BCUT2D eigenvalue weighted by atomic mass is 19.1. The van der Waals surface area contributed by atoms with Crippen LogP contribution in [0.2, 0.25) is 0 Å². The Morgan fingerprint density at radius 2 is 1.90 bits per heavy atom. The molecular formula is C16H28FN3. The summed E-state index contributed by atoms with van der Waals surface area (Å²) in [6, 6.07) is 1.61. The zero-order valence-corrected chi connectivity index (χ0v) is 13.2. The molecule has 0 aromatic carbocycles. The van der Waals surface area contributed by atoms with E-state index in [0.717, 1.165) is 43.9 Å². The number of anilines is 1. The third-order valence-corrected chi connectivity index (χ3v) is 3.06. The molecule has 114 valence electrons. The maximum atomic E-state index is 13.5. The van der Waals surface area contributed by atoms with E-state index >= 15 is 0 Å². The molecule has 1 rings (SSSR count). The number of halogens is 1. The van der Waals surface area contributed by atoms with Crippen molar-refractivity contribution < 1.29 is 4.39 Å². The molecule has 1 aromatic heterocycles. The molecule has 0 bridgehead atoms. The maximum Gasteiger partial charge on any atom is 0.141 e. The summed E-state index contributed by atoms with van der Waals surface area (Å²) in [7, 11) is 0. The van der Waals surface area contributed by atoms with Gasteiger partial charge >= 0.3 is 0 Å². The molecule has 0 aliphatic heterocycles. The Kier molecular flexibility index (Phi) is 7.52. The van der Waals surface area contributed by atoms with Crippen molar-refractivity contribution in [1.82, 2.24) is 10.3 Å². The van der Waals surface area contributed by atoms with Crippen LogP contribution in [-0.2, 0) is 6.54 Å². The van der Waals surface area contributed by atoms with Gasteiger partial charge in [-0.05, 0) is 31.4 Å². The van der Waals surface area contributed by atoms with Gasteiger partial charge in [-0.3, -0.25) is 0 Å². The zero-order chi connectivity index (χ0) is 15.0. The Balaban J connectivity index is 2.86. The second kappa shape index (κ2) is 8.90. The highest BCUT2D eigenvalue weighted by molar-refractivity contribution is 5.46. The Morgan fingerprint density at radius 3 is 2.45 bits per heavy atom. The molecule has 20 heavy (non-hydrogen) atoms. The van der Waals surface area contributed by atoms with Crippen LogP contribution >= 0.6 is 0 Å². The molecule has 0 amide bonds. The molecule has 0 spiro atoms. The third kappa shape index (κ3) is 5.45. The fraction of sp³-hybridized carbons (Fsp3) is 0.688. The van der Waals surface area contributed by atoms with Crippen molar-refractivity contribution in [1.29, 1.82) is 0 Å². The second-order valence-electron chi connectivity index (χ2n) is 5.65. The van der Waals surface area contributed by atoms with E-state index in [0.29, 0.717) is 12.5 Å². The molecule has 0 saturated heterocycles. The van der Waals surface area contributed by atoms with Crippen LogP contribution in [0.1, 0.15) is 46.1 Å². The highest BCUT2D eigenvalue weighted by Crippen LogP contribution is 2.19. The van der Waals surface area contributed by atoms with Gasteiger partial charge in [0.25, 0.3) is 0 Å². The van der Waals surface area contributed by atoms with Gasteiger partial charge in [0, 0.05) is 25.2 Å². The number of aromatic nitrogens is 1. The Morgan fingerprint density at radius 1 is 1.25 bits per heavy atom. The van der Waals surface area contributed by atoms with E-state index in [1.807, 2.05) is 0 Å². The van der Waals surface area contributed by atoms with Crippen molar-refractivity contribution in [3.63, 3.8) is 0 Å². The molecule has 1 heterocycles. The SMILES string of the molecule is CCCN(CCC)c1ncc(F)cc1CNCC(C)C. The van der Waals surface area contributed by atoms with Crippen LogP contribution in [-0.4, -0.2) is 24.6 Å². The molecule has 0 fully saturated rings. The van der Waals surface area contributed by atoms with Crippen molar-refractivity contribution >= 4 is 5.82 Å². The molecule has 0 radical (unpaired) electrons. The quantitative estimate of drug-likeness (QED) is 0.749. The first-order chi connectivity index (χ1) is 9.58. The van der Waals surface area contributed by atoms with E-state index in [2.05, 4.69) is 42.9 Å². The first kappa shape index (κ1) is 16.9. The molecule has 1 N–H and O–H groups in total. The van der Waals surface area contributed by atoms with Crippen LogP contribution in [0.5, 0.6) is 0 Å². The summed E-state index contributed by atoms with van der Waals surface area (Å²) in [5, 5.41) is 3.37. The Labute approximate surface area is 122 Å². The lowest BCUT2D eigenvalue weighted by Crippen LogP contribution is -2.28. The number of nitrogens with one attached hydrogen (secondary N) is 1. The van der Waals surface area contributed by atoms with Crippen LogP contribution in [0.25, 0.3) is 0 Å². The van der Waals surface area contributed by atoms with Crippen LogP contribution in [0.3, 0.4) is 0 Å². The van der Waals surface area contributed by atoms with E-state index in [1.54, 1.807) is 6.07 Å². The maximum absolute atomic E-state index is 13.5. The predicted octanol–water partition coefficient (Wildman–Crippen LogP) is 3.59. The smallest absolute Gasteiger partial charge is 0.141 e. The van der Waals surface area contributed by atoms with Gasteiger partial charge < -0.3 is 10.2 Å². The van der Waals surface area contributed by atoms with E-state index in [1.165, 1.54) is 6.20 Å². The summed E-state index contributed by atoms with van der Waals surface area (Å²) in [4.78, 5) is 6.58. The minimum Gasteiger partial charge on any atom is -0.356 e. The largest absolute Gasteiger partial charge is 0.356 e. The van der Waals surface area contributed by atoms with Crippen molar-refractivity contribution in [3.8, 4) is 0 Å². The molecular weight excluding hydrogens is 253 g/mol. The monoisotopic (exact) mass is 281 g/mol. The lowest BCUT2D eigenvalue weighted by Gasteiger charge is -2.25. The Bertz CT molecular complexity index is 387. The molecule has 0 saturated carbocycles. The summed E-state index contributed by atoms with van der Waals surface area (Å²) >= 11 is 0. The molecule has 0 atom stereocenters. The van der Waals surface area contributed by atoms with Gasteiger partial charge in [0.2, 0.25) is 0 Å². The van der Waals surface area contributed by atoms with Crippen LogP contribution in [0.15, 0.2) is 12.3 Å². The fourth-order valence-corrected chi connectivity index (χ4v) is 2.25. The fourth-order valence-electron chi connectivity index (χ4n) is 2.25. The first-order valence-electron chi connectivity index (χ1n) is 7.68. The molecule has 0 aliphatic carbocycles. The predicted molar refractivity (Wildman–Crippen MR) is 83.5 cm³/mol. The molecule has 0 unspecified atom stereocenters. The minimum absolute atomic E-state index is 0.261. The Hall–Kier alpha value is -1.16. The second-order valence-corrected chi connectivity index (χ2v) is 5.65. The number of rotatable bonds is 9. The number of hydrogen-bond donors (Lipinski definition) is 1. The molecule has 3 nitrogen and oxygen atoms in total. The summed E-state index contributed by atoms with van der Waals surface area (Å²) < 4.78 is 13.5. The first-order valence-corrected chi connectivity index (χ1v) is 7.68. The lowest BCUT2D eigenvalue weighted by atomic mass is 10.2. The van der Waals surface area contributed by atoms with E-state index in [-0.39, 0.29) is 5.82 Å². The van der Waals surface area contributed by atoms with E-state index < -0.39 is 0 Å². The summed E-state index contributed by atoms with van der Waals surface area (Å²) in [6.45, 7) is 12.2. The minimum atomic E-state index is -0.261. The highest BCUT2D eigenvalue weighted by Gasteiger charge is 2.12. The summed E-state index contributed by atoms with van der Waals surface area (Å²) in [6.07, 6.45) is 3.45. The third-order valence-electron chi connectivity index (χ3n) is 3.06. The van der Waals surface area contributed by atoms with Crippen LogP contribution < -0.4 is 10.2 Å². The van der Waals surface area contributed by atoms with Gasteiger partial charge in [-0.15, -0.1) is 0 Å². The molecule has 1 aromatic rings. The van der Waals surface area contributed by atoms with Crippen molar-refractivity contribution in [2.75, 3.05) is 24.5 Å². The van der Waals surface area contributed by atoms with Crippen LogP contribution in [0, 0.1) is 11.7 Å². The van der Waals surface area contributed by atoms with Gasteiger partial charge in [-0.2, -0.15) is 0 Å². The normalized spacial score (nSPS) is 11.1. The molecule has 0 aliphatic rings. The summed E-state index contributed by atoms with van der Waals surface area (Å²) in [5.41, 5.74) is 0.951. The van der Waals surface area contributed by atoms with Crippen LogP contribution in [0.4, 0.5) is 10.2 Å². The van der Waals surface area contributed by atoms with Crippen molar-refractivity contribution in [3.05, 3.63) is 23.6 Å². The van der Waals surface area contributed by atoms with Gasteiger partial charge in [0.05, 0.1) is 6.20 Å². The summed E-state index contributed by atoms with van der Waals surface area (Å²) in [5.74, 6) is 1.25. The van der Waals surface area contributed by atoms with E-state index in [9.17, 15) is 4.39 Å². The average Bonchev–Trinajstić information content (AvgIpc) is 2.38. The zero-order valence-electron chi connectivity index (χ0n) is 13.2. The standard InChI is InChI=1S/C16H28FN3/c1-5-7-20(8-6-2)16-14(9-15(17)12-19-16)11-18-10-13(3)4/h9,12-13,18H,5-8,10-11H2,1-4H3. The number of pyridine rings is 1. The van der Waals surface area contributed by atoms with E-state index in [4.69, 9.17) is 0 Å². The van der Waals surface area contributed by atoms with Gasteiger partial charge in [0.15, 0.2) is 0 Å². The van der Waals surface area contributed by atoms with Crippen molar-refractivity contribution in [2.45, 2.75) is 47.1 Å².